The fourth-order valence-electron chi connectivity index (χ4n) is 2.22. The van der Waals surface area contributed by atoms with Crippen molar-refractivity contribution < 1.29 is 9.59 Å². The van der Waals surface area contributed by atoms with Crippen LogP contribution in [0.3, 0.4) is 0 Å². The van der Waals surface area contributed by atoms with Crippen LogP contribution in [0.15, 0.2) is 12.4 Å². The highest BCUT2D eigenvalue weighted by Gasteiger charge is 2.17. The van der Waals surface area contributed by atoms with Gasteiger partial charge >= 0.3 is 0 Å². The molecule has 0 aromatic carbocycles. The van der Waals surface area contributed by atoms with Gasteiger partial charge in [0.05, 0.1) is 12.4 Å². The lowest BCUT2D eigenvalue weighted by Crippen LogP contribution is -2.46. The van der Waals surface area contributed by atoms with Gasteiger partial charge in [0.25, 0.3) is 5.91 Å². The smallest absolute Gasteiger partial charge is 0.271 e. The van der Waals surface area contributed by atoms with E-state index in [0.29, 0.717) is 31.2 Å². The van der Waals surface area contributed by atoms with Crippen LogP contribution in [0.2, 0.25) is 0 Å². The third-order valence-corrected chi connectivity index (χ3v) is 3.67. The normalized spacial score (nSPS) is 15.0. The number of carbonyl (C=O) groups excluding carboxylic acids is 2. The molecule has 1 N–H and O–H groups in total. The van der Waals surface area contributed by atoms with E-state index in [9.17, 15) is 9.59 Å². The third-order valence-electron chi connectivity index (χ3n) is 3.67. The second-order valence-corrected chi connectivity index (χ2v) is 5.83. The number of rotatable bonds is 6. The van der Waals surface area contributed by atoms with Crippen molar-refractivity contribution in [3.63, 3.8) is 0 Å². The third kappa shape index (κ3) is 4.41. The van der Waals surface area contributed by atoms with Crippen LogP contribution in [0.5, 0.6) is 0 Å². The van der Waals surface area contributed by atoms with E-state index in [1.807, 2.05) is 0 Å². The van der Waals surface area contributed by atoms with Gasteiger partial charge in [-0.15, -0.1) is 0 Å². The summed E-state index contributed by atoms with van der Waals surface area (Å²) in [7, 11) is 0. The first-order chi connectivity index (χ1) is 10.6. The monoisotopic (exact) mass is 305 g/mol. The lowest BCUT2D eigenvalue weighted by atomic mass is 10.1. The Hall–Kier alpha value is -2.18. The van der Waals surface area contributed by atoms with Crippen molar-refractivity contribution in [2.75, 3.05) is 37.6 Å². The maximum absolute atomic E-state index is 11.9. The standard InChI is InChI=1S/C15H23N5O2/c1-12(2)3-4-16-15(22)13-9-18-14(10-17-13)20-7-5-19(11-21)6-8-20/h9-12H,3-8H2,1-2H3,(H,16,22). The van der Waals surface area contributed by atoms with Crippen LogP contribution in [-0.2, 0) is 4.79 Å². The van der Waals surface area contributed by atoms with Crippen molar-refractivity contribution in [3.8, 4) is 0 Å². The Balaban J connectivity index is 1.87. The topological polar surface area (TPSA) is 78.4 Å². The van der Waals surface area contributed by atoms with Gasteiger partial charge in [-0.1, -0.05) is 13.8 Å². The minimum Gasteiger partial charge on any atom is -0.352 e. The number of anilines is 1. The summed E-state index contributed by atoms with van der Waals surface area (Å²) in [6.07, 6.45) is 4.94. The number of piperazine rings is 1. The Bertz CT molecular complexity index is 495. The maximum Gasteiger partial charge on any atom is 0.271 e. The van der Waals surface area contributed by atoms with E-state index in [1.54, 1.807) is 11.1 Å². The molecule has 7 heteroatoms. The molecule has 22 heavy (non-hydrogen) atoms. The molecule has 0 unspecified atom stereocenters. The summed E-state index contributed by atoms with van der Waals surface area (Å²) in [6.45, 7) is 7.70. The molecule has 0 atom stereocenters. The SMILES string of the molecule is CC(C)CCNC(=O)c1cnc(N2CCN(C=O)CC2)cn1. The first kappa shape index (κ1) is 16.2. The predicted molar refractivity (Wildman–Crippen MR) is 83.7 cm³/mol. The average Bonchev–Trinajstić information content (AvgIpc) is 2.54. The van der Waals surface area contributed by atoms with Crippen molar-refractivity contribution in [3.05, 3.63) is 18.1 Å². The number of hydrogen-bond acceptors (Lipinski definition) is 5. The van der Waals surface area contributed by atoms with Gasteiger partial charge in [0.1, 0.15) is 11.5 Å². The second kappa shape index (κ2) is 7.72. The molecule has 120 valence electrons. The highest BCUT2D eigenvalue weighted by molar-refractivity contribution is 5.91. The minimum atomic E-state index is -0.189. The van der Waals surface area contributed by atoms with E-state index < -0.39 is 0 Å². The molecule has 1 aromatic heterocycles. The molecule has 1 saturated heterocycles. The number of nitrogens with one attached hydrogen (secondary N) is 1. The Kier molecular flexibility index (Phi) is 5.68. The number of nitrogens with zero attached hydrogens (tertiary/aromatic N) is 4. The molecular weight excluding hydrogens is 282 g/mol. The lowest BCUT2D eigenvalue weighted by Gasteiger charge is -2.33. The van der Waals surface area contributed by atoms with Crippen LogP contribution >= 0.6 is 0 Å². The number of amides is 2. The van der Waals surface area contributed by atoms with Crippen molar-refractivity contribution in [1.29, 1.82) is 0 Å². The van der Waals surface area contributed by atoms with E-state index in [4.69, 9.17) is 0 Å². The summed E-state index contributed by atoms with van der Waals surface area (Å²) < 4.78 is 0. The molecule has 0 spiro atoms. The number of aromatic nitrogens is 2. The summed E-state index contributed by atoms with van der Waals surface area (Å²) in [4.78, 5) is 34.9. The van der Waals surface area contributed by atoms with Gasteiger partial charge in [-0.25, -0.2) is 9.97 Å². The Morgan fingerprint density at radius 1 is 1.27 bits per heavy atom. The summed E-state index contributed by atoms with van der Waals surface area (Å²) >= 11 is 0. The zero-order valence-corrected chi connectivity index (χ0v) is 13.2. The molecule has 1 aliphatic heterocycles. The van der Waals surface area contributed by atoms with Crippen LogP contribution in [0.1, 0.15) is 30.8 Å². The van der Waals surface area contributed by atoms with Crippen molar-refractivity contribution in [2.45, 2.75) is 20.3 Å². The van der Waals surface area contributed by atoms with Gasteiger partial charge in [0.2, 0.25) is 6.41 Å². The summed E-state index contributed by atoms with van der Waals surface area (Å²) in [6, 6.07) is 0. The number of hydrogen-bond donors (Lipinski definition) is 1. The fraction of sp³-hybridized carbons (Fsp3) is 0.600. The Morgan fingerprint density at radius 3 is 2.55 bits per heavy atom. The van der Waals surface area contributed by atoms with E-state index in [-0.39, 0.29) is 5.91 Å². The summed E-state index contributed by atoms with van der Waals surface area (Å²) in [5, 5.41) is 2.84. The van der Waals surface area contributed by atoms with Crippen LogP contribution in [0, 0.1) is 5.92 Å². The molecule has 7 nitrogen and oxygen atoms in total. The van der Waals surface area contributed by atoms with Gasteiger partial charge in [0.15, 0.2) is 0 Å². The van der Waals surface area contributed by atoms with Crippen molar-refractivity contribution >= 4 is 18.1 Å². The zero-order valence-electron chi connectivity index (χ0n) is 13.2. The molecule has 2 amide bonds. The molecule has 0 aliphatic carbocycles. The van der Waals surface area contributed by atoms with Crippen LogP contribution in [0.4, 0.5) is 5.82 Å². The van der Waals surface area contributed by atoms with Crippen LogP contribution < -0.4 is 10.2 Å². The van der Waals surface area contributed by atoms with E-state index in [2.05, 4.69) is 34.0 Å². The van der Waals surface area contributed by atoms with E-state index in [1.165, 1.54) is 6.20 Å². The molecule has 0 radical (unpaired) electrons. The molecule has 1 aromatic rings. The minimum absolute atomic E-state index is 0.189. The van der Waals surface area contributed by atoms with Gasteiger partial charge in [0, 0.05) is 32.7 Å². The molecule has 1 aliphatic rings. The van der Waals surface area contributed by atoms with Crippen LogP contribution in [0.25, 0.3) is 0 Å². The average molecular weight is 305 g/mol. The Morgan fingerprint density at radius 2 is 2.00 bits per heavy atom. The maximum atomic E-state index is 11.9. The molecule has 0 bridgehead atoms. The fourth-order valence-corrected chi connectivity index (χ4v) is 2.22. The first-order valence-corrected chi connectivity index (χ1v) is 7.64. The second-order valence-electron chi connectivity index (χ2n) is 5.83. The van der Waals surface area contributed by atoms with E-state index in [0.717, 1.165) is 31.7 Å². The summed E-state index contributed by atoms with van der Waals surface area (Å²) in [5.41, 5.74) is 0.332. The van der Waals surface area contributed by atoms with Crippen LogP contribution in [-0.4, -0.2) is 59.9 Å². The van der Waals surface area contributed by atoms with Crippen molar-refractivity contribution in [2.24, 2.45) is 5.92 Å². The number of carbonyl (C=O) groups is 2. The summed E-state index contributed by atoms with van der Waals surface area (Å²) in [5.74, 6) is 1.11. The van der Waals surface area contributed by atoms with E-state index >= 15 is 0 Å². The van der Waals surface area contributed by atoms with Crippen molar-refractivity contribution in [1.82, 2.24) is 20.2 Å². The quantitative estimate of drug-likeness (QED) is 0.776. The molecule has 2 rings (SSSR count). The lowest BCUT2D eigenvalue weighted by molar-refractivity contribution is -0.118. The molecule has 0 saturated carbocycles. The predicted octanol–water partition coefficient (Wildman–Crippen LogP) is 0.531. The van der Waals surface area contributed by atoms with Gasteiger partial charge in [-0.05, 0) is 12.3 Å². The van der Waals surface area contributed by atoms with Gasteiger partial charge in [-0.3, -0.25) is 9.59 Å². The first-order valence-electron chi connectivity index (χ1n) is 7.64. The Labute approximate surface area is 130 Å². The highest BCUT2D eigenvalue weighted by atomic mass is 16.2. The van der Waals surface area contributed by atoms with Gasteiger partial charge < -0.3 is 15.1 Å². The molecular formula is C15H23N5O2. The molecule has 1 fully saturated rings. The zero-order chi connectivity index (χ0) is 15.9. The highest BCUT2D eigenvalue weighted by Crippen LogP contribution is 2.11. The molecule has 2 heterocycles. The van der Waals surface area contributed by atoms with Gasteiger partial charge in [-0.2, -0.15) is 0 Å². The largest absolute Gasteiger partial charge is 0.352 e.